The van der Waals surface area contributed by atoms with Crippen molar-refractivity contribution in [1.82, 2.24) is 9.88 Å². The van der Waals surface area contributed by atoms with Crippen LogP contribution in [0.3, 0.4) is 0 Å². The van der Waals surface area contributed by atoms with Crippen LogP contribution in [0.4, 0.5) is 0 Å². The zero-order chi connectivity index (χ0) is 14.5. The van der Waals surface area contributed by atoms with Gasteiger partial charge in [-0.15, -0.1) is 0 Å². The first kappa shape index (κ1) is 14.7. The molecule has 3 nitrogen and oxygen atoms in total. The zero-order valence-electron chi connectivity index (χ0n) is 11.6. The standard InChI is InChI=1S/C16H17ClN2O/c1-12-4-3-5-15(18-12)10-19(2)11-16(20)13-6-8-14(17)9-7-13/h3-9H,10-11H2,1-2H3. The molecule has 4 heteroatoms. The lowest BCUT2D eigenvalue weighted by molar-refractivity contribution is 0.0942. The quantitative estimate of drug-likeness (QED) is 0.791. The van der Waals surface area contributed by atoms with Gasteiger partial charge in [-0.05, 0) is 50.4 Å². The summed E-state index contributed by atoms with van der Waals surface area (Å²) in [4.78, 5) is 18.5. The minimum atomic E-state index is 0.0804. The number of rotatable bonds is 5. The number of halogens is 1. The van der Waals surface area contributed by atoms with Crippen molar-refractivity contribution in [2.75, 3.05) is 13.6 Å². The topological polar surface area (TPSA) is 33.2 Å². The van der Waals surface area contributed by atoms with Crippen LogP contribution in [0.5, 0.6) is 0 Å². The molecular formula is C16H17ClN2O. The molecular weight excluding hydrogens is 272 g/mol. The van der Waals surface area contributed by atoms with E-state index < -0.39 is 0 Å². The Kier molecular flexibility index (Phi) is 4.88. The predicted octanol–water partition coefficient (Wildman–Crippen LogP) is 3.36. The van der Waals surface area contributed by atoms with Gasteiger partial charge in [0.15, 0.2) is 5.78 Å². The van der Waals surface area contributed by atoms with Gasteiger partial charge in [0.25, 0.3) is 0 Å². The van der Waals surface area contributed by atoms with Gasteiger partial charge in [-0.25, -0.2) is 0 Å². The first-order valence-electron chi connectivity index (χ1n) is 6.44. The fourth-order valence-electron chi connectivity index (χ4n) is 1.99. The molecule has 104 valence electrons. The maximum atomic E-state index is 12.1. The molecule has 0 saturated heterocycles. The minimum Gasteiger partial charge on any atom is -0.293 e. The third kappa shape index (κ3) is 4.15. The molecule has 2 rings (SSSR count). The molecule has 0 unspecified atom stereocenters. The summed E-state index contributed by atoms with van der Waals surface area (Å²) in [6.07, 6.45) is 0. The Bertz CT molecular complexity index is 596. The highest BCUT2D eigenvalue weighted by Crippen LogP contribution is 2.11. The molecule has 0 spiro atoms. The number of carbonyl (C=O) groups is 1. The first-order chi connectivity index (χ1) is 9.54. The van der Waals surface area contributed by atoms with Gasteiger partial charge in [0, 0.05) is 22.8 Å². The molecule has 0 aliphatic rings. The normalized spacial score (nSPS) is 10.8. The van der Waals surface area contributed by atoms with Crippen molar-refractivity contribution in [3.63, 3.8) is 0 Å². The van der Waals surface area contributed by atoms with Crippen LogP contribution >= 0.6 is 11.6 Å². The molecule has 20 heavy (non-hydrogen) atoms. The third-order valence-corrected chi connectivity index (χ3v) is 3.21. The van der Waals surface area contributed by atoms with Gasteiger partial charge in [-0.2, -0.15) is 0 Å². The molecule has 0 aliphatic heterocycles. The van der Waals surface area contributed by atoms with Gasteiger partial charge in [0.2, 0.25) is 0 Å². The zero-order valence-corrected chi connectivity index (χ0v) is 12.4. The van der Waals surface area contributed by atoms with E-state index in [1.807, 2.05) is 37.1 Å². The number of benzene rings is 1. The molecule has 1 aromatic carbocycles. The summed E-state index contributed by atoms with van der Waals surface area (Å²) in [7, 11) is 1.91. The maximum Gasteiger partial charge on any atom is 0.176 e. The number of hydrogen-bond donors (Lipinski definition) is 0. The number of pyridine rings is 1. The monoisotopic (exact) mass is 288 g/mol. The van der Waals surface area contributed by atoms with Crippen molar-refractivity contribution in [2.24, 2.45) is 0 Å². The van der Waals surface area contributed by atoms with Crippen molar-refractivity contribution in [3.8, 4) is 0 Å². The molecule has 0 fully saturated rings. The van der Waals surface area contributed by atoms with E-state index in [1.54, 1.807) is 24.3 Å². The summed E-state index contributed by atoms with van der Waals surface area (Å²) < 4.78 is 0. The highest BCUT2D eigenvalue weighted by Gasteiger charge is 2.10. The number of hydrogen-bond acceptors (Lipinski definition) is 3. The lowest BCUT2D eigenvalue weighted by Gasteiger charge is -2.15. The van der Waals surface area contributed by atoms with Crippen LogP contribution in [-0.4, -0.2) is 29.3 Å². The predicted molar refractivity (Wildman–Crippen MR) is 81.1 cm³/mol. The summed E-state index contributed by atoms with van der Waals surface area (Å²) in [5.41, 5.74) is 2.63. The van der Waals surface area contributed by atoms with Crippen LogP contribution in [0.1, 0.15) is 21.7 Å². The molecule has 1 aromatic heterocycles. The Morgan fingerprint density at radius 3 is 2.55 bits per heavy atom. The van der Waals surface area contributed by atoms with E-state index >= 15 is 0 Å². The lowest BCUT2D eigenvalue weighted by atomic mass is 10.1. The van der Waals surface area contributed by atoms with Gasteiger partial charge >= 0.3 is 0 Å². The molecule has 0 radical (unpaired) electrons. The number of aromatic nitrogens is 1. The number of likely N-dealkylation sites (N-methyl/N-ethyl adjacent to an activating group) is 1. The summed E-state index contributed by atoms with van der Waals surface area (Å²) in [6, 6.07) is 12.9. The van der Waals surface area contributed by atoms with Crippen LogP contribution in [0, 0.1) is 6.92 Å². The molecule has 0 N–H and O–H groups in total. The van der Waals surface area contributed by atoms with Crippen molar-refractivity contribution in [3.05, 3.63) is 64.4 Å². The number of aryl methyl sites for hydroxylation is 1. The smallest absolute Gasteiger partial charge is 0.176 e. The number of ketones is 1. The number of carbonyl (C=O) groups excluding carboxylic acids is 1. The Morgan fingerprint density at radius 1 is 1.20 bits per heavy atom. The van der Waals surface area contributed by atoms with Gasteiger partial charge in [-0.1, -0.05) is 17.7 Å². The van der Waals surface area contributed by atoms with Crippen molar-refractivity contribution in [1.29, 1.82) is 0 Å². The molecule has 0 amide bonds. The molecule has 0 aliphatic carbocycles. The molecule has 0 saturated carbocycles. The Labute approximate surface area is 124 Å². The lowest BCUT2D eigenvalue weighted by Crippen LogP contribution is -2.26. The largest absolute Gasteiger partial charge is 0.293 e. The van der Waals surface area contributed by atoms with E-state index in [0.29, 0.717) is 23.7 Å². The second-order valence-electron chi connectivity index (χ2n) is 4.87. The van der Waals surface area contributed by atoms with Crippen LogP contribution in [-0.2, 0) is 6.54 Å². The molecule has 0 atom stereocenters. The van der Waals surface area contributed by atoms with Crippen molar-refractivity contribution >= 4 is 17.4 Å². The minimum absolute atomic E-state index is 0.0804. The average molecular weight is 289 g/mol. The van der Waals surface area contributed by atoms with Crippen LogP contribution in [0.15, 0.2) is 42.5 Å². The third-order valence-electron chi connectivity index (χ3n) is 2.96. The Morgan fingerprint density at radius 2 is 1.90 bits per heavy atom. The fourth-order valence-corrected chi connectivity index (χ4v) is 2.12. The molecule has 0 bridgehead atoms. The van der Waals surface area contributed by atoms with Crippen LogP contribution < -0.4 is 0 Å². The van der Waals surface area contributed by atoms with Gasteiger partial charge in [-0.3, -0.25) is 14.7 Å². The van der Waals surface area contributed by atoms with Gasteiger partial charge in [0.1, 0.15) is 0 Å². The van der Waals surface area contributed by atoms with E-state index in [2.05, 4.69) is 4.98 Å². The summed E-state index contributed by atoms with van der Waals surface area (Å²) >= 11 is 5.81. The van der Waals surface area contributed by atoms with E-state index in [-0.39, 0.29) is 5.78 Å². The fraction of sp³-hybridized carbons (Fsp3) is 0.250. The summed E-state index contributed by atoms with van der Waals surface area (Å²) in [5.74, 6) is 0.0804. The second kappa shape index (κ2) is 6.64. The summed E-state index contributed by atoms with van der Waals surface area (Å²) in [6.45, 7) is 2.97. The molecule has 2 aromatic rings. The average Bonchev–Trinajstić information content (AvgIpc) is 2.39. The van der Waals surface area contributed by atoms with Crippen molar-refractivity contribution in [2.45, 2.75) is 13.5 Å². The van der Waals surface area contributed by atoms with E-state index in [4.69, 9.17) is 11.6 Å². The number of Topliss-reactive ketones (excluding diaryl/α,β-unsaturated/α-hetero) is 1. The van der Waals surface area contributed by atoms with Gasteiger partial charge in [0.05, 0.1) is 12.2 Å². The van der Waals surface area contributed by atoms with Crippen LogP contribution in [0.25, 0.3) is 0 Å². The SMILES string of the molecule is Cc1cccc(CN(C)CC(=O)c2ccc(Cl)cc2)n1. The second-order valence-corrected chi connectivity index (χ2v) is 5.31. The van der Waals surface area contributed by atoms with Gasteiger partial charge < -0.3 is 0 Å². The Hall–Kier alpha value is -1.71. The first-order valence-corrected chi connectivity index (χ1v) is 6.82. The van der Waals surface area contributed by atoms with E-state index in [0.717, 1.165) is 11.4 Å². The number of nitrogens with zero attached hydrogens (tertiary/aromatic N) is 2. The Balaban J connectivity index is 1.95. The molecule has 1 heterocycles. The summed E-state index contributed by atoms with van der Waals surface area (Å²) in [5, 5.41) is 0.638. The highest BCUT2D eigenvalue weighted by molar-refractivity contribution is 6.30. The van der Waals surface area contributed by atoms with Crippen molar-refractivity contribution < 1.29 is 4.79 Å². The van der Waals surface area contributed by atoms with Crippen LogP contribution in [0.2, 0.25) is 5.02 Å². The van der Waals surface area contributed by atoms with E-state index in [9.17, 15) is 4.79 Å². The van der Waals surface area contributed by atoms with E-state index in [1.165, 1.54) is 0 Å². The maximum absolute atomic E-state index is 12.1. The highest BCUT2D eigenvalue weighted by atomic mass is 35.5.